The molecule has 10 aromatic carbocycles. The van der Waals surface area contributed by atoms with Gasteiger partial charge in [0.1, 0.15) is 0 Å². The molecule has 0 spiro atoms. The van der Waals surface area contributed by atoms with E-state index in [9.17, 15) is 19.5 Å². The smallest absolute Gasteiger partial charge is 0.335 e. The summed E-state index contributed by atoms with van der Waals surface area (Å²) in [7, 11) is -3.06. The Hall–Kier alpha value is -7.00. The van der Waals surface area contributed by atoms with Crippen LogP contribution in [0.15, 0.2) is 175 Å². The predicted molar refractivity (Wildman–Crippen MR) is 233 cm³/mol. The van der Waals surface area contributed by atoms with Gasteiger partial charge in [-0.2, -0.15) is 0 Å². The van der Waals surface area contributed by atoms with Crippen LogP contribution in [0, 0.1) is 0 Å². The third-order valence-corrected chi connectivity index (χ3v) is 17.4. The fourth-order valence-electron chi connectivity index (χ4n) is 9.73. The van der Waals surface area contributed by atoms with E-state index in [-0.39, 0.29) is 22.7 Å². The Balaban J connectivity index is 1.34. The van der Waals surface area contributed by atoms with Crippen molar-refractivity contribution in [3.63, 3.8) is 0 Å². The number of amides is 1. The largest absolute Gasteiger partial charge is 0.478 e. The fourth-order valence-corrected chi connectivity index (χ4v) is 15.9. The van der Waals surface area contributed by atoms with Crippen LogP contribution >= 0.6 is 21.8 Å². The number of carboxylic acid groups (broad SMARTS) is 1. The first-order valence-electron chi connectivity index (χ1n) is 18.7. The minimum absolute atomic E-state index is 0.187. The zero-order chi connectivity index (χ0) is 39.2. The predicted octanol–water partition coefficient (Wildman–Crippen LogP) is 12.0. The quantitative estimate of drug-likeness (QED) is 0.136. The Morgan fingerprint density at radius 1 is 0.534 bits per heavy atom. The molecule has 8 heteroatoms. The van der Waals surface area contributed by atoms with Crippen molar-refractivity contribution in [1.29, 1.82) is 0 Å². The third kappa shape index (κ3) is 4.10. The van der Waals surface area contributed by atoms with E-state index >= 15 is 4.79 Å². The summed E-state index contributed by atoms with van der Waals surface area (Å²) in [5.74, 6) is -2.22. The molecule has 1 amide bonds. The number of primary amides is 1. The van der Waals surface area contributed by atoms with Crippen LogP contribution < -0.4 is 5.73 Å². The molecule has 0 fully saturated rings. The Bertz CT molecular complexity index is 3570. The number of allylic oxidation sites excluding steroid dienone is 2. The summed E-state index contributed by atoms with van der Waals surface area (Å²) >= 11 is 1.31. The van der Waals surface area contributed by atoms with Gasteiger partial charge in [0, 0.05) is 30.7 Å². The van der Waals surface area contributed by atoms with Crippen molar-refractivity contribution >= 4 is 110 Å². The molecule has 2 aliphatic rings. The van der Waals surface area contributed by atoms with Gasteiger partial charge in [-0.1, -0.05) is 109 Å². The maximum absolute atomic E-state index is 15.6. The number of aromatic carboxylic acids is 1. The number of carbonyl (C=O) groups is 4. The monoisotopic (exact) mass is 785 g/mol. The number of thioether (sulfide) groups is 1. The molecule has 58 heavy (non-hydrogen) atoms. The number of hydrogen-bond donors (Lipinski definition) is 2. The van der Waals surface area contributed by atoms with Gasteiger partial charge in [-0.25, -0.2) is 4.79 Å². The lowest BCUT2D eigenvalue weighted by Crippen LogP contribution is -2.16. The van der Waals surface area contributed by atoms with Crippen LogP contribution in [0.4, 0.5) is 0 Å². The number of hydrogen-bond acceptors (Lipinski definition) is 5. The van der Waals surface area contributed by atoms with Crippen LogP contribution in [0.25, 0.3) is 64.6 Å². The first-order chi connectivity index (χ1) is 28.3. The summed E-state index contributed by atoms with van der Waals surface area (Å²) in [6.07, 6.45) is 0. The van der Waals surface area contributed by atoms with Crippen LogP contribution in [-0.4, -0.2) is 28.5 Å². The lowest BCUT2D eigenvalue weighted by atomic mass is 9.93. The molecule has 12 rings (SSSR count). The van der Waals surface area contributed by atoms with E-state index in [0.29, 0.717) is 25.8 Å². The Morgan fingerprint density at radius 3 is 1.67 bits per heavy atom. The van der Waals surface area contributed by atoms with Crippen molar-refractivity contribution in [3.05, 3.63) is 178 Å². The van der Waals surface area contributed by atoms with Crippen molar-refractivity contribution in [2.45, 2.75) is 19.6 Å². The standard InChI is InChI=1S/C50H27NO5S2/c51-49(54)36-9-4-8-35-45(53)48(46-44(52)32-7-1-2-10-37(32)57-46)58(47(35)36,38-21-17-27-12-11-25-5-3-6-26-15-19-33(38)42(27)40(25)26)39-22-18-28-13-14-29-23-31(50(55)56)24-30-16-20-34(39)43(28)41(29)30/h1-24H,(H2,51,54)(H,55,56)/b48-46-. The number of nitrogens with two attached hydrogens (primary N) is 1. The maximum atomic E-state index is 15.6. The number of ketones is 2. The molecule has 0 radical (unpaired) electrons. The second kappa shape index (κ2) is 11.5. The van der Waals surface area contributed by atoms with Gasteiger partial charge in [-0.15, -0.1) is 10.0 Å². The number of rotatable bonds is 4. The van der Waals surface area contributed by atoms with Crippen LogP contribution in [0.5, 0.6) is 0 Å². The average molecular weight is 786 g/mol. The molecule has 0 saturated carbocycles. The van der Waals surface area contributed by atoms with Gasteiger partial charge in [-0.05, 0) is 113 Å². The van der Waals surface area contributed by atoms with Gasteiger partial charge in [0.15, 0.2) is 0 Å². The first-order valence-corrected chi connectivity index (χ1v) is 21.2. The SMILES string of the molecule is NC(=O)c1cccc2c1S(c1ccc3ccc4cccc5ccc1c3c45)(c1ccc3ccc4cc(C(=O)O)cc5ccc1c3c45)/C(=C1\Sc3ccccc3C1=O)C2=O. The normalized spacial score (nSPS) is 18.9. The first kappa shape index (κ1) is 33.2. The molecule has 2 aliphatic heterocycles. The van der Waals surface area contributed by atoms with Gasteiger partial charge in [0.2, 0.25) is 17.5 Å². The molecule has 0 aromatic heterocycles. The van der Waals surface area contributed by atoms with Gasteiger partial charge >= 0.3 is 5.97 Å². The zero-order valence-electron chi connectivity index (χ0n) is 30.3. The number of fused-ring (bicyclic) bond motifs is 2. The highest BCUT2D eigenvalue weighted by molar-refractivity contribution is 8.38. The number of carbonyl (C=O) groups excluding carboxylic acids is 3. The van der Waals surface area contributed by atoms with Crippen LogP contribution in [0.2, 0.25) is 0 Å². The van der Waals surface area contributed by atoms with Crippen molar-refractivity contribution in [2.75, 3.05) is 0 Å². The second-order valence-corrected chi connectivity index (χ2v) is 18.9. The lowest BCUT2D eigenvalue weighted by Gasteiger charge is -2.42. The van der Waals surface area contributed by atoms with Crippen molar-refractivity contribution in [2.24, 2.45) is 5.73 Å². The molecule has 6 nitrogen and oxygen atoms in total. The second-order valence-electron chi connectivity index (χ2n) is 14.9. The van der Waals surface area contributed by atoms with E-state index in [1.807, 2.05) is 54.6 Å². The molecule has 1 unspecified atom stereocenters. The zero-order valence-corrected chi connectivity index (χ0v) is 32.0. The molecule has 10 aromatic rings. The Labute approximate surface area is 335 Å². The van der Waals surface area contributed by atoms with Gasteiger partial charge in [0.25, 0.3) is 0 Å². The topological polar surface area (TPSA) is 115 Å². The number of Topliss-reactive ketones (excluding diaryl/α,β-unsaturated/α-hetero) is 2. The average Bonchev–Trinajstić information content (AvgIpc) is 3.71. The summed E-state index contributed by atoms with van der Waals surface area (Å²) in [5, 5.41) is 21.4. The molecule has 2 heterocycles. The summed E-state index contributed by atoms with van der Waals surface area (Å²) in [6, 6.07) is 46.9. The maximum Gasteiger partial charge on any atom is 0.335 e. The molecular formula is C50H27NO5S2. The van der Waals surface area contributed by atoms with Crippen molar-refractivity contribution in [3.8, 4) is 0 Å². The molecule has 0 saturated heterocycles. The molecule has 3 N–H and O–H groups in total. The highest BCUT2D eigenvalue weighted by Crippen LogP contribution is 2.81. The van der Waals surface area contributed by atoms with Gasteiger partial charge < -0.3 is 10.8 Å². The summed E-state index contributed by atoms with van der Waals surface area (Å²) in [6.45, 7) is 0. The summed E-state index contributed by atoms with van der Waals surface area (Å²) < 4.78 is 0. The highest BCUT2D eigenvalue weighted by Gasteiger charge is 2.53. The van der Waals surface area contributed by atoms with Crippen molar-refractivity contribution in [1.82, 2.24) is 0 Å². The summed E-state index contributed by atoms with van der Waals surface area (Å²) in [5.41, 5.74) is 7.63. The van der Waals surface area contributed by atoms with E-state index in [4.69, 9.17) is 5.73 Å². The minimum Gasteiger partial charge on any atom is -0.478 e. The number of carboxylic acids is 1. The molecular weight excluding hydrogens is 759 g/mol. The molecule has 1 atom stereocenters. The summed E-state index contributed by atoms with van der Waals surface area (Å²) in [4.78, 5) is 60.2. The van der Waals surface area contributed by atoms with E-state index < -0.39 is 21.9 Å². The Morgan fingerprint density at radius 2 is 1.05 bits per heavy atom. The number of benzene rings is 10. The third-order valence-electron chi connectivity index (χ3n) is 12.1. The van der Waals surface area contributed by atoms with Gasteiger partial charge in [-0.3, -0.25) is 14.4 Å². The molecule has 0 bridgehead atoms. The van der Waals surface area contributed by atoms with Crippen LogP contribution in [0.3, 0.4) is 0 Å². The molecule has 0 aliphatic carbocycles. The van der Waals surface area contributed by atoms with Crippen molar-refractivity contribution < 1.29 is 24.3 Å². The Kier molecular flexibility index (Phi) is 6.60. The lowest BCUT2D eigenvalue weighted by molar-refractivity contribution is 0.0696. The van der Waals surface area contributed by atoms with E-state index in [2.05, 4.69) is 54.6 Å². The van der Waals surface area contributed by atoms with E-state index in [0.717, 1.165) is 79.3 Å². The van der Waals surface area contributed by atoms with E-state index in [1.54, 1.807) is 36.4 Å². The minimum atomic E-state index is -3.06. The van der Waals surface area contributed by atoms with Crippen LogP contribution in [0.1, 0.15) is 41.4 Å². The van der Waals surface area contributed by atoms with Crippen LogP contribution in [-0.2, 0) is 0 Å². The highest BCUT2D eigenvalue weighted by atomic mass is 32.3. The fraction of sp³-hybridized carbons (Fsp3) is 0. The molecule has 274 valence electrons. The van der Waals surface area contributed by atoms with Gasteiger partial charge in [0.05, 0.1) is 20.9 Å². The van der Waals surface area contributed by atoms with E-state index in [1.165, 1.54) is 11.8 Å².